The Kier molecular flexibility index (Phi) is 6.92. The number of amides is 1. The number of carbonyl (C=O) groups excluding carboxylic acids is 1. The largest absolute Gasteiger partial charge is 0.457 e. The van der Waals surface area contributed by atoms with E-state index in [2.05, 4.69) is 20.6 Å². The maximum Gasteiger partial charge on any atom is 0.270 e. The maximum absolute atomic E-state index is 12.1. The van der Waals surface area contributed by atoms with Gasteiger partial charge in [0.05, 0.1) is 0 Å². The molecule has 0 atom stereocenters. The first-order chi connectivity index (χ1) is 13.7. The zero-order valence-corrected chi connectivity index (χ0v) is 15.6. The van der Waals surface area contributed by atoms with E-state index >= 15 is 0 Å². The van der Waals surface area contributed by atoms with Crippen LogP contribution in [0.25, 0.3) is 0 Å². The molecule has 7 heteroatoms. The molecule has 0 saturated heterocycles. The SMILES string of the molecule is COCCCNC(=O)c1cc(Nc2ccc(Oc3ccccc3)cc2)ncn1. The molecule has 2 N–H and O–H groups in total. The number of anilines is 2. The molecule has 1 amide bonds. The van der Waals surface area contributed by atoms with Gasteiger partial charge in [-0.3, -0.25) is 4.79 Å². The van der Waals surface area contributed by atoms with Crippen molar-refractivity contribution in [2.45, 2.75) is 6.42 Å². The summed E-state index contributed by atoms with van der Waals surface area (Å²) in [6, 6.07) is 18.7. The lowest BCUT2D eigenvalue weighted by Gasteiger charge is -2.09. The smallest absolute Gasteiger partial charge is 0.270 e. The molecular formula is C21H22N4O3. The number of hydrogen-bond acceptors (Lipinski definition) is 6. The van der Waals surface area contributed by atoms with Crippen molar-refractivity contribution in [1.29, 1.82) is 0 Å². The van der Waals surface area contributed by atoms with Gasteiger partial charge in [-0.25, -0.2) is 9.97 Å². The molecule has 0 aliphatic rings. The lowest BCUT2D eigenvalue weighted by atomic mass is 10.3. The van der Waals surface area contributed by atoms with Crippen LogP contribution in [0.4, 0.5) is 11.5 Å². The summed E-state index contributed by atoms with van der Waals surface area (Å²) in [7, 11) is 1.63. The van der Waals surface area contributed by atoms with Crippen LogP contribution >= 0.6 is 0 Å². The lowest BCUT2D eigenvalue weighted by molar-refractivity contribution is 0.0943. The summed E-state index contributed by atoms with van der Waals surface area (Å²) >= 11 is 0. The van der Waals surface area contributed by atoms with Gasteiger partial charge in [-0.05, 0) is 42.8 Å². The van der Waals surface area contributed by atoms with Crippen LogP contribution in [0.1, 0.15) is 16.9 Å². The highest BCUT2D eigenvalue weighted by molar-refractivity contribution is 5.92. The molecule has 1 heterocycles. The van der Waals surface area contributed by atoms with Gasteiger partial charge >= 0.3 is 0 Å². The van der Waals surface area contributed by atoms with Crippen molar-refractivity contribution >= 4 is 17.4 Å². The number of methoxy groups -OCH3 is 1. The van der Waals surface area contributed by atoms with Gasteiger partial charge in [0.25, 0.3) is 5.91 Å². The fourth-order valence-electron chi connectivity index (χ4n) is 2.44. The average molecular weight is 378 g/mol. The van der Waals surface area contributed by atoms with Crippen molar-refractivity contribution in [2.75, 3.05) is 25.6 Å². The highest BCUT2D eigenvalue weighted by atomic mass is 16.5. The molecule has 0 aliphatic carbocycles. The molecule has 0 spiro atoms. The molecule has 2 aromatic carbocycles. The molecule has 0 saturated carbocycles. The molecule has 144 valence electrons. The number of carbonyl (C=O) groups is 1. The normalized spacial score (nSPS) is 10.3. The number of para-hydroxylation sites is 1. The number of ether oxygens (including phenoxy) is 2. The standard InChI is InChI=1S/C21H22N4O3/c1-27-13-5-12-22-21(26)19-14-20(24-15-23-19)25-16-8-10-18(11-9-16)28-17-6-3-2-4-7-17/h2-4,6-11,14-15H,5,12-13H2,1H3,(H,22,26)(H,23,24,25). The summed E-state index contributed by atoms with van der Waals surface area (Å²) in [5.74, 6) is 1.80. The van der Waals surface area contributed by atoms with Gasteiger partial charge in [0.2, 0.25) is 0 Å². The number of aromatic nitrogens is 2. The topological polar surface area (TPSA) is 85.4 Å². The Morgan fingerprint density at radius 1 is 1.00 bits per heavy atom. The van der Waals surface area contributed by atoms with E-state index < -0.39 is 0 Å². The minimum Gasteiger partial charge on any atom is -0.457 e. The van der Waals surface area contributed by atoms with Crippen molar-refractivity contribution in [1.82, 2.24) is 15.3 Å². The Bertz CT molecular complexity index is 886. The molecule has 0 fully saturated rings. The van der Waals surface area contributed by atoms with E-state index in [9.17, 15) is 4.79 Å². The van der Waals surface area contributed by atoms with Crippen molar-refractivity contribution in [3.63, 3.8) is 0 Å². The Labute approximate surface area is 163 Å². The Hall–Kier alpha value is -3.45. The lowest BCUT2D eigenvalue weighted by Crippen LogP contribution is -2.26. The number of nitrogens with zero attached hydrogens (tertiary/aromatic N) is 2. The molecule has 1 aromatic heterocycles. The minimum atomic E-state index is -0.242. The molecule has 3 aromatic rings. The van der Waals surface area contributed by atoms with Crippen LogP contribution in [-0.2, 0) is 4.74 Å². The average Bonchev–Trinajstić information content (AvgIpc) is 2.73. The summed E-state index contributed by atoms with van der Waals surface area (Å²) < 4.78 is 10.7. The quantitative estimate of drug-likeness (QED) is 0.551. The van der Waals surface area contributed by atoms with Crippen LogP contribution in [0.2, 0.25) is 0 Å². The van der Waals surface area contributed by atoms with E-state index in [1.807, 2.05) is 54.6 Å². The van der Waals surface area contributed by atoms with E-state index in [0.29, 0.717) is 24.7 Å². The van der Waals surface area contributed by atoms with Crippen LogP contribution in [0, 0.1) is 0 Å². The van der Waals surface area contributed by atoms with E-state index in [1.54, 1.807) is 13.2 Å². The van der Waals surface area contributed by atoms with Gasteiger partial charge in [0, 0.05) is 32.0 Å². The first kappa shape index (κ1) is 19.3. The van der Waals surface area contributed by atoms with Crippen molar-refractivity contribution < 1.29 is 14.3 Å². The second-order valence-electron chi connectivity index (χ2n) is 5.96. The third-order valence-electron chi connectivity index (χ3n) is 3.82. The van der Waals surface area contributed by atoms with Gasteiger partial charge in [0.15, 0.2) is 0 Å². The van der Waals surface area contributed by atoms with Gasteiger partial charge in [0.1, 0.15) is 29.3 Å². The predicted octanol–water partition coefficient (Wildman–Crippen LogP) is 3.78. The highest BCUT2D eigenvalue weighted by Crippen LogP contribution is 2.23. The third kappa shape index (κ3) is 5.78. The molecule has 0 radical (unpaired) electrons. The highest BCUT2D eigenvalue weighted by Gasteiger charge is 2.08. The number of rotatable bonds is 9. The first-order valence-corrected chi connectivity index (χ1v) is 8.94. The third-order valence-corrected chi connectivity index (χ3v) is 3.82. The maximum atomic E-state index is 12.1. The molecular weight excluding hydrogens is 356 g/mol. The van der Waals surface area contributed by atoms with Crippen LogP contribution in [0.3, 0.4) is 0 Å². The van der Waals surface area contributed by atoms with Crippen LogP contribution in [0.5, 0.6) is 11.5 Å². The van der Waals surface area contributed by atoms with Gasteiger partial charge in [-0.1, -0.05) is 18.2 Å². The van der Waals surface area contributed by atoms with Crippen molar-refractivity contribution in [3.8, 4) is 11.5 Å². The minimum absolute atomic E-state index is 0.242. The second-order valence-corrected chi connectivity index (χ2v) is 5.96. The monoisotopic (exact) mass is 378 g/mol. The van der Waals surface area contributed by atoms with Crippen molar-refractivity contribution in [3.05, 3.63) is 72.7 Å². The zero-order valence-electron chi connectivity index (χ0n) is 15.6. The summed E-state index contributed by atoms with van der Waals surface area (Å²) in [5, 5.41) is 5.96. The molecule has 0 bridgehead atoms. The van der Waals surface area contributed by atoms with E-state index in [4.69, 9.17) is 9.47 Å². The molecule has 7 nitrogen and oxygen atoms in total. The second kappa shape index (κ2) is 10.0. The van der Waals surface area contributed by atoms with E-state index in [-0.39, 0.29) is 5.91 Å². The number of benzene rings is 2. The predicted molar refractivity (Wildman–Crippen MR) is 107 cm³/mol. The van der Waals surface area contributed by atoms with Gasteiger partial charge < -0.3 is 20.1 Å². The van der Waals surface area contributed by atoms with Crippen molar-refractivity contribution in [2.24, 2.45) is 0 Å². The summed E-state index contributed by atoms with van der Waals surface area (Å²) in [6.45, 7) is 1.13. The molecule has 28 heavy (non-hydrogen) atoms. The van der Waals surface area contributed by atoms with Gasteiger partial charge in [-0.2, -0.15) is 0 Å². The number of hydrogen-bond donors (Lipinski definition) is 2. The van der Waals surface area contributed by atoms with Crippen LogP contribution < -0.4 is 15.4 Å². The Balaban J connectivity index is 1.58. The summed E-state index contributed by atoms with van der Waals surface area (Å²) in [4.78, 5) is 20.3. The Morgan fingerprint density at radius 2 is 1.75 bits per heavy atom. The number of nitrogens with one attached hydrogen (secondary N) is 2. The zero-order chi connectivity index (χ0) is 19.6. The van der Waals surface area contributed by atoms with Crippen LogP contribution in [0.15, 0.2) is 67.0 Å². The van der Waals surface area contributed by atoms with Gasteiger partial charge in [-0.15, -0.1) is 0 Å². The fraction of sp³-hybridized carbons (Fsp3) is 0.190. The molecule has 0 unspecified atom stereocenters. The first-order valence-electron chi connectivity index (χ1n) is 8.94. The molecule has 3 rings (SSSR count). The van der Waals surface area contributed by atoms with Crippen LogP contribution in [-0.4, -0.2) is 36.1 Å². The van der Waals surface area contributed by atoms with E-state index in [1.165, 1.54) is 6.33 Å². The Morgan fingerprint density at radius 3 is 2.50 bits per heavy atom. The van der Waals surface area contributed by atoms with E-state index in [0.717, 1.165) is 23.6 Å². The summed E-state index contributed by atoms with van der Waals surface area (Å²) in [6.07, 6.45) is 2.11. The molecule has 0 aliphatic heterocycles. The fourth-order valence-corrected chi connectivity index (χ4v) is 2.44. The summed E-state index contributed by atoms with van der Waals surface area (Å²) in [5.41, 5.74) is 1.13.